The van der Waals surface area contributed by atoms with Crippen LogP contribution in [0.2, 0.25) is 0 Å². The first-order valence-corrected chi connectivity index (χ1v) is 10.3. The highest BCUT2D eigenvalue weighted by molar-refractivity contribution is 7.16. The number of aromatic hydroxyl groups is 1. The zero-order valence-electron chi connectivity index (χ0n) is 15.7. The lowest BCUT2D eigenvalue weighted by Crippen LogP contribution is -2.14. The van der Waals surface area contributed by atoms with Crippen LogP contribution in [0, 0.1) is 6.92 Å². The van der Waals surface area contributed by atoms with Gasteiger partial charge in [-0.15, -0.1) is 11.3 Å². The predicted octanol–water partition coefficient (Wildman–Crippen LogP) is 5.64. The van der Waals surface area contributed by atoms with Gasteiger partial charge >= 0.3 is 0 Å². The molecule has 0 saturated heterocycles. The number of aliphatic imine (C=N–C) groups is 1. The number of hydrogen-bond acceptors (Lipinski definition) is 4. The first-order chi connectivity index (χ1) is 13.6. The van der Waals surface area contributed by atoms with E-state index in [4.69, 9.17) is 0 Å². The fourth-order valence-electron chi connectivity index (χ4n) is 3.40. The predicted molar refractivity (Wildman–Crippen MR) is 115 cm³/mol. The van der Waals surface area contributed by atoms with Crippen molar-refractivity contribution < 1.29 is 9.90 Å². The van der Waals surface area contributed by atoms with Crippen LogP contribution in [0.25, 0.3) is 0 Å². The summed E-state index contributed by atoms with van der Waals surface area (Å²) < 4.78 is 0. The number of anilines is 1. The second-order valence-electron chi connectivity index (χ2n) is 7.06. The highest BCUT2D eigenvalue weighted by atomic mass is 32.1. The number of carbonyl (C=O) groups excluding carboxylic acids is 1. The molecule has 1 aromatic heterocycles. The molecular formula is C23H22N2O2S. The summed E-state index contributed by atoms with van der Waals surface area (Å²) in [5.41, 5.74) is 4.69. The number of phenols is 1. The van der Waals surface area contributed by atoms with Crippen molar-refractivity contribution in [3.05, 3.63) is 75.7 Å². The molecule has 0 radical (unpaired) electrons. The third kappa shape index (κ3) is 3.99. The number of nitrogens with zero attached hydrogens (tertiary/aromatic N) is 1. The maximum atomic E-state index is 13.1. The van der Waals surface area contributed by atoms with Crippen molar-refractivity contribution in [3.8, 4) is 5.75 Å². The number of fused-ring (bicyclic) bond motifs is 1. The number of nitrogens with one attached hydrogen (secondary N) is 1. The Bertz CT molecular complexity index is 1020. The largest absolute Gasteiger partial charge is 0.508 e. The van der Waals surface area contributed by atoms with Crippen LogP contribution in [0.4, 0.5) is 10.7 Å². The quantitative estimate of drug-likeness (QED) is 0.566. The summed E-state index contributed by atoms with van der Waals surface area (Å²) in [6.07, 6.45) is 5.96. The number of aryl methyl sites for hydroxylation is 2. The first-order valence-electron chi connectivity index (χ1n) is 9.46. The molecule has 2 N–H and O–H groups in total. The number of thiophene rings is 1. The van der Waals surface area contributed by atoms with E-state index in [0.29, 0.717) is 5.56 Å². The van der Waals surface area contributed by atoms with Gasteiger partial charge in [-0.25, -0.2) is 4.99 Å². The Morgan fingerprint density at radius 2 is 1.79 bits per heavy atom. The van der Waals surface area contributed by atoms with Crippen LogP contribution in [0.1, 0.15) is 44.8 Å². The smallest absolute Gasteiger partial charge is 0.259 e. The standard InChI is InChI=1S/C23H22N2O2S/c1-15-6-10-17(11-7-15)25-22(27)21-19-4-2-3-5-20(19)28-23(21)24-14-16-8-12-18(26)13-9-16/h6-14,26H,2-5H2,1H3,(H,25,27)/b24-14+. The van der Waals surface area contributed by atoms with Crippen LogP contribution < -0.4 is 5.32 Å². The number of phenolic OH excluding ortho intramolecular Hbond substituents is 1. The average molecular weight is 391 g/mol. The van der Waals surface area contributed by atoms with E-state index < -0.39 is 0 Å². The Kier molecular flexibility index (Phi) is 5.26. The molecule has 1 aliphatic carbocycles. The molecule has 0 fully saturated rings. The zero-order chi connectivity index (χ0) is 19.5. The number of benzene rings is 2. The van der Waals surface area contributed by atoms with Crippen LogP contribution in [-0.2, 0) is 12.8 Å². The molecule has 4 rings (SSSR count). The van der Waals surface area contributed by atoms with Crippen LogP contribution >= 0.6 is 11.3 Å². The van der Waals surface area contributed by atoms with Gasteiger partial charge < -0.3 is 10.4 Å². The number of carbonyl (C=O) groups is 1. The molecule has 28 heavy (non-hydrogen) atoms. The molecule has 1 heterocycles. The van der Waals surface area contributed by atoms with Crippen molar-refractivity contribution in [3.63, 3.8) is 0 Å². The molecule has 0 bridgehead atoms. The van der Waals surface area contributed by atoms with E-state index in [2.05, 4.69) is 10.3 Å². The van der Waals surface area contributed by atoms with Gasteiger partial charge in [-0.1, -0.05) is 17.7 Å². The Balaban J connectivity index is 1.66. The normalized spacial score (nSPS) is 13.5. The lowest BCUT2D eigenvalue weighted by molar-refractivity contribution is 0.102. The monoisotopic (exact) mass is 390 g/mol. The third-order valence-electron chi connectivity index (χ3n) is 4.91. The molecule has 1 amide bonds. The highest BCUT2D eigenvalue weighted by Crippen LogP contribution is 2.40. The van der Waals surface area contributed by atoms with Gasteiger partial charge in [0.25, 0.3) is 5.91 Å². The summed E-state index contributed by atoms with van der Waals surface area (Å²) >= 11 is 1.62. The summed E-state index contributed by atoms with van der Waals surface area (Å²) in [6.45, 7) is 2.02. The Labute approximate surface area is 168 Å². The molecular weight excluding hydrogens is 368 g/mol. The number of hydrogen-bond donors (Lipinski definition) is 2. The molecule has 0 spiro atoms. The molecule has 2 aromatic carbocycles. The lowest BCUT2D eigenvalue weighted by atomic mass is 9.95. The molecule has 142 valence electrons. The average Bonchev–Trinajstić information content (AvgIpc) is 3.08. The summed E-state index contributed by atoms with van der Waals surface area (Å²) in [4.78, 5) is 19.0. The van der Waals surface area contributed by atoms with Gasteiger partial charge in [0.05, 0.1) is 5.56 Å². The van der Waals surface area contributed by atoms with Crippen molar-refractivity contribution in [1.29, 1.82) is 0 Å². The molecule has 0 aliphatic heterocycles. The van der Waals surface area contributed by atoms with Crippen molar-refractivity contribution >= 4 is 34.1 Å². The van der Waals surface area contributed by atoms with Gasteiger partial charge in [-0.05, 0) is 80.1 Å². The van der Waals surface area contributed by atoms with E-state index in [1.165, 1.54) is 4.88 Å². The molecule has 4 nitrogen and oxygen atoms in total. The summed E-state index contributed by atoms with van der Waals surface area (Å²) in [5, 5.41) is 13.2. The van der Waals surface area contributed by atoms with E-state index >= 15 is 0 Å². The SMILES string of the molecule is Cc1ccc(NC(=O)c2c(/N=C/c3ccc(O)cc3)sc3c2CCCC3)cc1. The molecule has 5 heteroatoms. The van der Waals surface area contributed by atoms with E-state index in [0.717, 1.165) is 53.1 Å². The van der Waals surface area contributed by atoms with Crippen LogP contribution in [0.3, 0.4) is 0 Å². The summed E-state index contributed by atoms with van der Waals surface area (Å²) in [6, 6.07) is 14.7. The minimum absolute atomic E-state index is 0.0962. The highest BCUT2D eigenvalue weighted by Gasteiger charge is 2.25. The van der Waals surface area contributed by atoms with Gasteiger partial charge in [-0.2, -0.15) is 0 Å². The van der Waals surface area contributed by atoms with Crippen LogP contribution in [0.5, 0.6) is 5.75 Å². The third-order valence-corrected chi connectivity index (χ3v) is 6.11. The Morgan fingerprint density at radius 1 is 1.07 bits per heavy atom. The van der Waals surface area contributed by atoms with Gasteiger partial charge in [-0.3, -0.25) is 4.79 Å². The lowest BCUT2D eigenvalue weighted by Gasteiger charge is -2.13. The summed E-state index contributed by atoms with van der Waals surface area (Å²) in [5.74, 6) is 0.128. The Hall–Kier alpha value is -2.92. The van der Waals surface area contributed by atoms with Crippen molar-refractivity contribution in [1.82, 2.24) is 0 Å². The number of amides is 1. The fraction of sp³-hybridized carbons (Fsp3) is 0.217. The zero-order valence-corrected chi connectivity index (χ0v) is 16.6. The van der Waals surface area contributed by atoms with Gasteiger partial charge in [0.15, 0.2) is 0 Å². The molecule has 0 atom stereocenters. The van der Waals surface area contributed by atoms with E-state index in [1.807, 2.05) is 31.2 Å². The second-order valence-corrected chi connectivity index (χ2v) is 8.14. The van der Waals surface area contributed by atoms with Crippen LogP contribution in [-0.4, -0.2) is 17.2 Å². The van der Waals surface area contributed by atoms with Crippen molar-refractivity contribution in [2.75, 3.05) is 5.32 Å². The van der Waals surface area contributed by atoms with Crippen molar-refractivity contribution in [2.24, 2.45) is 4.99 Å². The summed E-state index contributed by atoms with van der Waals surface area (Å²) in [7, 11) is 0. The maximum Gasteiger partial charge on any atom is 0.259 e. The maximum absolute atomic E-state index is 13.1. The van der Waals surface area contributed by atoms with Gasteiger partial charge in [0.2, 0.25) is 0 Å². The Morgan fingerprint density at radius 3 is 2.54 bits per heavy atom. The molecule has 0 unspecified atom stereocenters. The van der Waals surface area contributed by atoms with Gasteiger partial charge in [0, 0.05) is 16.8 Å². The van der Waals surface area contributed by atoms with Crippen molar-refractivity contribution in [2.45, 2.75) is 32.6 Å². The van der Waals surface area contributed by atoms with Gasteiger partial charge in [0.1, 0.15) is 10.8 Å². The van der Waals surface area contributed by atoms with E-state index in [-0.39, 0.29) is 11.7 Å². The number of rotatable bonds is 4. The van der Waals surface area contributed by atoms with Crippen LogP contribution in [0.15, 0.2) is 53.5 Å². The second kappa shape index (κ2) is 7.98. The minimum atomic E-state index is -0.0962. The fourth-order valence-corrected chi connectivity index (χ4v) is 4.63. The topological polar surface area (TPSA) is 61.7 Å². The first kappa shape index (κ1) is 18.4. The molecule has 1 aliphatic rings. The molecule has 0 saturated carbocycles. The molecule has 3 aromatic rings. The minimum Gasteiger partial charge on any atom is -0.508 e. The van der Waals surface area contributed by atoms with E-state index in [9.17, 15) is 9.90 Å². The van der Waals surface area contributed by atoms with E-state index in [1.54, 1.807) is 41.8 Å².